The zero-order valence-electron chi connectivity index (χ0n) is 9.50. The van der Waals surface area contributed by atoms with Crippen molar-refractivity contribution in [2.75, 3.05) is 26.2 Å². The van der Waals surface area contributed by atoms with Crippen molar-refractivity contribution in [1.82, 2.24) is 10.2 Å². The van der Waals surface area contributed by atoms with Crippen LogP contribution in [0.4, 0.5) is 0 Å². The van der Waals surface area contributed by atoms with Gasteiger partial charge in [0.1, 0.15) is 0 Å². The Morgan fingerprint density at radius 2 is 1.87 bits per heavy atom. The summed E-state index contributed by atoms with van der Waals surface area (Å²) in [6, 6.07) is 0. The van der Waals surface area contributed by atoms with Gasteiger partial charge < -0.3 is 5.32 Å². The van der Waals surface area contributed by atoms with Crippen LogP contribution >= 0.6 is 12.4 Å². The SMILES string of the molecule is C1CC2(C1)CCN2CC1CCNCC1.Cl. The predicted octanol–water partition coefficient (Wildman–Crippen LogP) is 2.04. The van der Waals surface area contributed by atoms with Gasteiger partial charge in [-0.25, -0.2) is 0 Å². The third-order valence-corrected chi connectivity index (χ3v) is 4.74. The van der Waals surface area contributed by atoms with E-state index in [4.69, 9.17) is 0 Å². The number of nitrogens with one attached hydrogen (secondary N) is 1. The lowest BCUT2D eigenvalue weighted by atomic mass is 9.67. The van der Waals surface area contributed by atoms with Crippen LogP contribution in [0.15, 0.2) is 0 Å². The first-order valence-electron chi connectivity index (χ1n) is 6.35. The molecule has 0 aromatic rings. The molecule has 0 aromatic heterocycles. The third kappa shape index (κ3) is 2.04. The summed E-state index contributed by atoms with van der Waals surface area (Å²) in [5.74, 6) is 0.994. The Morgan fingerprint density at radius 1 is 1.13 bits per heavy atom. The van der Waals surface area contributed by atoms with Gasteiger partial charge in [-0.3, -0.25) is 4.90 Å². The summed E-state index contributed by atoms with van der Waals surface area (Å²) in [4.78, 5) is 2.80. The second-order valence-electron chi connectivity index (χ2n) is 5.47. The zero-order chi connectivity index (χ0) is 9.43. The monoisotopic (exact) mass is 230 g/mol. The average Bonchev–Trinajstić information content (AvgIpc) is 2.12. The van der Waals surface area contributed by atoms with Crippen LogP contribution in [0.1, 0.15) is 38.5 Å². The smallest absolute Gasteiger partial charge is 0.0221 e. The molecule has 3 aliphatic rings. The summed E-state index contributed by atoms with van der Waals surface area (Å²) in [6.45, 7) is 5.31. The van der Waals surface area contributed by atoms with Crippen LogP contribution in [-0.2, 0) is 0 Å². The van der Waals surface area contributed by atoms with Crippen molar-refractivity contribution in [3.05, 3.63) is 0 Å². The molecule has 2 aliphatic heterocycles. The molecule has 3 rings (SSSR count). The molecule has 3 fully saturated rings. The van der Waals surface area contributed by atoms with Crippen LogP contribution in [0.2, 0.25) is 0 Å². The molecule has 2 heterocycles. The molecule has 0 radical (unpaired) electrons. The van der Waals surface area contributed by atoms with Crippen molar-refractivity contribution in [2.45, 2.75) is 44.1 Å². The third-order valence-electron chi connectivity index (χ3n) is 4.74. The minimum atomic E-state index is 0. The number of hydrogen-bond acceptors (Lipinski definition) is 2. The van der Waals surface area contributed by atoms with Gasteiger partial charge in [0.2, 0.25) is 0 Å². The lowest BCUT2D eigenvalue weighted by Crippen LogP contribution is -2.64. The van der Waals surface area contributed by atoms with E-state index in [9.17, 15) is 0 Å². The zero-order valence-corrected chi connectivity index (χ0v) is 10.3. The Kier molecular flexibility index (Phi) is 3.59. The molecule has 0 aromatic carbocycles. The van der Waals surface area contributed by atoms with E-state index in [0.717, 1.165) is 11.5 Å². The molecule has 0 amide bonds. The minimum Gasteiger partial charge on any atom is -0.317 e. The second kappa shape index (κ2) is 4.60. The van der Waals surface area contributed by atoms with Gasteiger partial charge in [0, 0.05) is 18.6 Å². The Labute approximate surface area is 99.2 Å². The number of halogens is 1. The normalized spacial score (nSPS) is 30.4. The van der Waals surface area contributed by atoms with Crippen molar-refractivity contribution >= 4 is 12.4 Å². The first-order chi connectivity index (χ1) is 6.89. The lowest BCUT2D eigenvalue weighted by molar-refractivity contribution is -0.0827. The first kappa shape index (κ1) is 11.7. The summed E-state index contributed by atoms with van der Waals surface area (Å²) in [5.41, 5.74) is 0.727. The Balaban J connectivity index is 0.000000853. The van der Waals surface area contributed by atoms with Crippen LogP contribution < -0.4 is 5.32 Å². The van der Waals surface area contributed by atoms with Crippen LogP contribution in [0, 0.1) is 5.92 Å². The van der Waals surface area contributed by atoms with E-state index in [2.05, 4.69) is 10.2 Å². The van der Waals surface area contributed by atoms with Gasteiger partial charge in [0.05, 0.1) is 0 Å². The highest BCUT2D eigenvalue weighted by Crippen LogP contribution is 2.47. The number of hydrogen-bond donors (Lipinski definition) is 1. The maximum Gasteiger partial charge on any atom is 0.0221 e. The number of rotatable bonds is 2. The number of piperidine rings is 1. The molecule has 15 heavy (non-hydrogen) atoms. The van der Waals surface area contributed by atoms with Gasteiger partial charge in [-0.2, -0.15) is 0 Å². The summed E-state index contributed by atoms with van der Waals surface area (Å²) < 4.78 is 0. The second-order valence-corrected chi connectivity index (χ2v) is 5.47. The highest BCUT2D eigenvalue weighted by atomic mass is 35.5. The van der Waals surface area contributed by atoms with Crippen molar-refractivity contribution in [3.63, 3.8) is 0 Å². The maximum absolute atomic E-state index is 3.45. The molecule has 0 atom stereocenters. The van der Waals surface area contributed by atoms with Crippen LogP contribution in [-0.4, -0.2) is 36.6 Å². The predicted molar refractivity (Wildman–Crippen MR) is 65.6 cm³/mol. The quantitative estimate of drug-likeness (QED) is 0.781. The van der Waals surface area contributed by atoms with Gasteiger partial charge in [0.25, 0.3) is 0 Å². The largest absolute Gasteiger partial charge is 0.317 e. The molecule has 1 aliphatic carbocycles. The Morgan fingerprint density at radius 3 is 2.33 bits per heavy atom. The molecule has 0 unspecified atom stereocenters. The van der Waals surface area contributed by atoms with E-state index >= 15 is 0 Å². The Hall–Kier alpha value is 0.210. The molecule has 1 N–H and O–H groups in total. The van der Waals surface area contributed by atoms with Crippen molar-refractivity contribution in [2.24, 2.45) is 5.92 Å². The fourth-order valence-electron chi connectivity index (χ4n) is 3.40. The first-order valence-corrected chi connectivity index (χ1v) is 6.35. The van der Waals surface area contributed by atoms with Crippen molar-refractivity contribution < 1.29 is 0 Å². The van der Waals surface area contributed by atoms with E-state index in [1.54, 1.807) is 0 Å². The molecule has 2 nitrogen and oxygen atoms in total. The number of nitrogens with zero attached hydrogens (tertiary/aromatic N) is 1. The molecule has 1 spiro atoms. The van der Waals surface area contributed by atoms with Crippen molar-refractivity contribution in [1.29, 1.82) is 0 Å². The van der Waals surface area contributed by atoms with Crippen LogP contribution in [0.5, 0.6) is 0 Å². The fourth-order valence-corrected chi connectivity index (χ4v) is 3.40. The van der Waals surface area contributed by atoms with Gasteiger partial charge in [-0.05, 0) is 57.5 Å². The molecule has 88 valence electrons. The van der Waals surface area contributed by atoms with E-state index in [0.29, 0.717) is 0 Å². The highest BCUT2D eigenvalue weighted by Gasteiger charge is 2.48. The van der Waals surface area contributed by atoms with Gasteiger partial charge in [0.15, 0.2) is 0 Å². The standard InChI is InChI=1S/C12H22N2.ClH/c1-4-12(5-1)6-9-14(12)10-11-2-7-13-8-3-11;/h11,13H,1-10H2;1H. The van der Waals surface area contributed by atoms with Gasteiger partial charge >= 0.3 is 0 Å². The maximum atomic E-state index is 3.45. The van der Waals surface area contributed by atoms with Gasteiger partial charge in [-0.15, -0.1) is 12.4 Å². The Bertz CT molecular complexity index is 204. The van der Waals surface area contributed by atoms with Gasteiger partial charge in [-0.1, -0.05) is 0 Å². The fraction of sp³-hybridized carbons (Fsp3) is 1.00. The summed E-state index contributed by atoms with van der Waals surface area (Å²) in [6.07, 6.45) is 8.80. The molecule has 2 saturated heterocycles. The van der Waals surface area contributed by atoms with E-state index in [-0.39, 0.29) is 12.4 Å². The van der Waals surface area contributed by atoms with E-state index in [1.165, 1.54) is 64.7 Å². The van der Waals surface area contributed by atoms with E-state index in [1.807, 2.05) is 0 Å². The van der Waals surface area contributed by atoms with Crippen LogP contribution in [0.3, 0.4) is 0 Å². The molecular formula is C12H23ClN2. The van der Waals surface area contributed by atoms with Crippen molar-refractivity contribution in [3.8, 4) is 0 Å². The van der Waals surface area contributed by atoms with E-state index < -0.39 is 0 Å². The molecule has 3 heteroatoms. The topological polar surface area (TPSA) is 15.3 Å². The van der Waals surface area contributed by atoms with Crippen LogP contribution in [0.25, 0.3) is 0 Å². The molecular weight excluding hydrogens is 208 g/mol. The minimum absolute atomic E-state index is 0. The summed E-state index contributed by atoms with van der Waals surface area (Å²) in [5, 5.41) is 3.45. The average molecular weight is 231 g/mol. The number of likely N-dealkylation sites (tertiary alicyclic amines) is 1. The molecule has 0 bridgehead atoms. The summed E-state index contributed by atoms with van der Waals surface area (Å²) in [7, 11) is 0. The highest BCUT2D eigenvalue weighted by molar-refractivity contribution is 5.85. The molecule has 1 saturated carbocycles. The lowest BCUT2D eigenvalue weighted by Gasteiger charge is -2.59. The summed E-state index contributed by atoms with van der Waals surface area (Å²) >= 11 is 0.